The summed E-state index contributed by atoms with van der Waals surface area (Å²) in [6.45, 7) is 4.54. The van der Waals surface area contributed by atoms with Gasteiger partial charge in [-0.1, -0.05) is 24.6 Å². The highest BCUT2D eigenvalue weighted by molar-refractivity contribution is 6.31. The van der Waals surface area contributed by atoms with Crippen molar-refractivity contribution in [1.82, 2.24) is 0 Å². The largest absolute Gasteiger partial charge is 0.366 e. The zero-order chi connectivity index (χ0) is 12.4. The van der Waals surface area contributed by atoms with Crippen LogP contribution in [0.15, 0.2) is 18.2 Å². The van der Waals surface area contributed by atoms with Crippen molar-refractivity contribution >= 4 is 28.9 Å². The van der Waals surface area contributed by atoms with E-state index in [1.165, 1.54) is 30.5 Å². The first kappa shape index (κ1) is 13.0. The van der Waals surface area contributed by atoms with Crippen LogP contribution < -0.4 is 4.90 Å². The van der Waals surface area contributed by atoms with E-state index in [2.05, 4.69) is 24.8 Å². The summed E-state index contributed by atoms with van der Waals surface area (Å²) in [6.07, 6.45) is 3.71. The van der Waals surface area contributed by atoms with Crippen LogP contribution >= 0.6 is 23.2 Å². The number of halogens is 2. The fraction of sp³-hybridized carbons (Fsp3) is 0.571. The van der Waals surface area contributed by atoms with Gasteiger partial charge in [-0.2, -0.15) is 0 Å². The first-order valence-corrected chi connectivity index (χ1v) is 7.21. The van der Waals surface area contributed by atoms with Gasteiger partial charge in [0.1, 0.15) is 0 Å². The fourth-order valence-electron chi connectivity index (χ4n) is 2.80. The van der Waals surface area contributed by atoms with Crippen molar-refractivity contribution in [1.29, 1.82) is 0 Å². The third kappa shape index (κ3) is 2.56. The third-order valence-electron chi connectivity index (χ3n) is 3.73. The summed E-state index contributed by atoms with van der Waals surface area (Å²) in [6, 6.07) is 7.24. The normalized spacial score (nSPS) is 24.4. The number of hydrogen-bond acceptors (Lipinski definition) is 1. The highest BCUT2D eigenvalue weighted by atomic mass is 35.5. The van der Waals surface area contributed by atoms with Gasteiger partial charge in [0.25, 0.3) is 0 Å². The maximum absolute atomic E-state index is 6.12. The summed E-state index contributed by atoms with van der Waals surface area (Å²) in [5, 5.41) is 0.794. The van der Waals surface area contributed by atoms with E-state index in [1.54, 1.807) is 0 Å². The van der Waals surface area contributed by atoms with Gasteiger partial charge < -0.3 is 4.90 Å². The fourth-order valence-corrected chi connectivity index (χ4v) is 3.19. The standard InChI is InChI=1S/C14H19Cl2N/c1-3-13-7-4-10(2)17(13)14-8-12(16)6-5-11(14)9-15/h5-6,8,10,13H,3-4,7,9H2,1-2H3. The van der Waals surface area contributed by atoms with E-state index < -0.39 is 0 Å². The van der Waals surface area contributed by atoms with Gasteiger partial charge in [0.15, 0.2) is 0 Å². The highest BCUT2D eigenvalue weighted by Crippen LogP contribution is 2.36. The second kappa shape index (κ2) is 5.49. The van der Waals surface area contributed by atoms with Crippen molar-refractivity contribution in [2.45, 2.75) is 51.1 Å². The van der Waals surface area contributed by atoms with Crippen molar-refractivity contribution in [3.8, 4) is 0 Å². The van der Waals surface area contributed by atoms with Crippen LogP contribution in [0.4, 0.5) is 5.69 Å². The lowest BCUT2D eigenvalue weighted by atomic mass is 10.1. The minimum atomic E-state index is 0.548. The van der Waals surface area contributed by atoms with Crippen molar-refractivity contribution < 1.29 is 0 Å². The summed E-state index contributed by atoms with van der Waals surface area (Å²) in [5.41, 5.74) is 2.41. The molecule has 2 unspecified atom stereocenters. The second-order valence-electron chi connectivity index (χ2n) is 4.80. The summed E-state index contributed by atoms with van der Waals surface area (Å²) >= 11 is 12.2. The van der Waals surface area contributed by atoms with Gasteiger partial charge in [0.2, 0.25) is 0 Å². The van der Waals surface area contributed by atoms with Gasteiger partial charge in [-0.3, -0.25) is 0 Å². The molecule has 2 rings (SSSR count). The van der Waals surface area contributed by atoms with Crippen molar-refractivity contribution in [2.75, 3.05) is 4.90 Å². The first-order valence-electron chi connectivity index (χ1n) is 6.30. The van der Waals surface area contributed by atoms with E-state index in [1.807, 2.05) is 12.1 Å². The molecular weight excluding hydrogens is 253 g/mol. The zero-order valence-electron chi connectivity index (χ0n) is 10.4. The molecule has 0 spiro atoms. The van der Waals surface area contributed by atoms with E-state index in [0.717, 1.165) is 5.02 Å². The van der Waals surface area contributed by atoms with Crippen molar-refractivity contribution in [3.63, 3.8) is 0 Å². The molecule has 1 saturated heterocycles. The third-order valence-corrected chi connectivity index (χ3v) is 4.25. The maximum Gasteiger partial charge on any atom is 0.0494 e. The highest BCUT2D eigenvalue weighted by Gasteiger charge is 2.30. The lowest BCUT2D eigenvalue weighted by Crippen LogP contribution is -2.34. The number of alkyl halides is 1. The van der Waals surface area contributed by atoms with Crippen LogP contribution in [0.25, 0.3) is 0 Å². The summed E-state index contributed by atoms with van der Waals surface area (Å²) < 4.78 is 0. The van der Waals surface area contributed by atoms with Crippen LogP contribution in [0.2, 0.25) is 5.02 Å². The van der Waals surface area contributed by atoms with E-state index >= 15 is 0 Å². The Balaban J connectivity index is 2.40. The van der Waals surface area contributed by atoms with Crippen LogP contribution in [-0.4, -0.2) is 12.1 Å². The van der Waals surface area contributed by atoms with Crippen molar-refractivity contribution in [3.05, 3.63) is 28.8 Å². The topological polar surface area (TPSA) is 3.24 Å². The number of anilines is 1. The van der Waals surface area contributed by atoms with Gasteiger partial charge in [0.05, 0.1) is 0 Å². The molecule has 17 heavy (non-hydrogen) atoms. The predicted octanol–water partition coefficient (Wildman–Crippen LogP) is 4.85. The van der Waals surface area contributed by atoms with Crippen LogP contribution in [0.3, 0.4) is 0 Å². The van der Waals surface area contributed by atoms with E-state index in [4.69, 9.17) is 23.2 Å². The summed E-state index contributed by atoms with van der Waals surface area (Å²) in [5.74, 6) is 0.548. The molecule has 0 N–H and O–H groups in total. The molecule has 0 saturated carbocycles. The minimum absolute atomic E-state index is 0.548. The molecule has 1 aliphatic heterocycles. The van der Waals surface area contributed by atoms with Gasteiger partial charge in [-0.05, 0) is 43.9 Å². The Hall–Kier alpha value is -0.400. The monoisotopic (exact) mass is 271 g/mol. The Morgan fingerprint density at radius 2 is 2.12 bits per heavy atom. The Bertz CT molecular complexity index is 392. The molecule has 1 fully saturated rings. The molecule has 3 heteroatoms. The van der Waals surface area contributed by atoms with Gasteiger partial charge in [-0.15, -0.1) is 11.6 Å². The summed E-state index contributed by atoms with van der Waals surface area (Å²) in [4.78, 5) is 2.50. The lowest BCUT2D eigenvalue weighted by Gasteiger charge is -2.32. The van der Waals surface area contributed by atoms with Gasteiger partial charge >= 0.3 is 0 Å². The number of nitrogens with zero attached hydrogens (tertiary/aromatic N) is 1. The average Bonchev–Trinajstić information content (AvgIpc) is 2.70. The van der Waals surface area contributed by atoms with E-state index in [-0.39, 0.29) is 0 Å². The molecule has 1 aromatic carbocycles. The first-order chi connectivity index (χ1) is 8.17. The molecule has 1 aliphatic rings. The molecule has 0 radical (unpaired) electrons. The molecule has 2 atom stereocenters. The average molecular weight is 272 g/mol. The Morgan fingerprint density at radius 3 is 2.76 bits per heavy atom. The minimum Gasteiger partial charge on any atom is -0.366 e. The van der Waals surface area contributed by atoms with Crippen LogP contribution in [0.5, 0.6) is 0 Å². The van der Waals surface area contributed by atoms with E-state index in [9.17, 15) is 0 Å². The summed E-state index contributed by atoms with van der Waals surface area (Å²) in [7, 11) is 0. The Morgan fingerprint density at radius 1 is 1.35 bits per heavy atom. The number of benzene rings is 1. The van der Waals surface area contributed by atoms with E-state index in [0.29, 0.717) is 18.0 Å². The molecule has 0 aliphatic carbocycles. The molecule has 0 bridgehead atoms. The predicted molar refractivity (Wildman–Crippen MR) is 76.3 cm³/mol. The SMILES string of the molecule is CCC1CCC(C)N1c1cc(Cl)ccc1CCl. The Labute approximate surface area is 114 Å². The molecule has 94 valence electrons. The molecule has 0 aromatic heterocycles. The van der Waals surface area contributed by atoms with Crippen LogP contribution in [0, 0.1) is 0 Å². The quantitative estimate of drug-likeness (QED) is 0.711. The molecule has 1 aromatic rings. The smallest absolute Gasteiger partial charge is 0.0494 e. The van der Waals surface area contributed by atoms with Crippen LogP contribution in [0.1, 0.15) is 38.7 Å². The molecule has 1 nitrogen and oxygen atoms in total. The number of hydrogen-bond donors (Lipinski definition) is 0. The zero-order valence-corrected chi connectivity index (χ0v) is 11.9. The number of rotatable bonds is 3. The maximum atomic E-state index is 6.12. The molecule has 1 heterocycles. The van der Waals surface area contributed by atoms with Gasteiger partial charge in [0, 0.05) is 28.7 Å². The lowest BCUT2D eigenvalue weighted by molar-refractivity contribution is 0.626. The van der Waals surface area contributed by atoms with Crippen molar-refractivity contribution in [2.24, 2.45) is 0 Å². The molecular formula is C14H19Cl2N. The second-order valence-corrected chi connectivity index (χ2v) is 5.51. The van der Waals surface area contributed by atoms with Crippen LogP contribution in [-0.2, 0) is 5.88 Å². The van der Waals surface area contributed by atoms with Gasteiger partial charge in [-0.25, -0.2) is 0 Å². The Kier molecular flexibility index (Phi) is 4.22. The molecule has 0 amide bonds.